The molecule has 1 atom stereocenters. The Labute approximate surface area is 213 Å². The number of hydrogen-bond acceptors (Lipinski definition) is 4. The summed E-state index contributed by atoms with van der Waals surface area (Å²) in [7, 11) is 1.67. The fourth-order valence-corrected chi connectivity index (χ4v) is 5.00. The molecule has 0 amide bonds. The first-order chi connectivity index (χ1) is 17.5. The number of benzene rings is 3. The highest BCUT2D eigenvalue weighted by Gasteiger charge is 2.28. The van der Waals surface area contributed by atoms with Gasteiger partial charge in [-0.15, -0.1) is 0 Å². The van der Waals surface area contributed by atoms with E-state index in [1.807, 2.05) is 60.7 Å². The highest BCUT2D eigenvalue weighted by Crippen LogP contribution is 2.28. The molecule has 3 aromatic carbocycles. The van der Waals surface area contributed by atoms with Gasteiger partial charge in [0.15, 0.2) is 0 Å². The van der Waals surface area contributed by atoms with Crippen molar-refractivity contribution in [1.29, 1.82) is 5.26 Å². The van der Waals surface area contributed by atoms with E-state index in [2.05, 4.69) is 30.0 Å². The van der Waals surface area contributed by atoms with Gasteiger partial charge in [-0.2, -0.15) is 5.26 Å². The minimum absolute atomic E-state index is 0.435. The molecular weight excluding hydrogens is 448 g/mol. The summed E-state index contributed by atoms with van der Waals surface area (Å²) < 4.78 is 5.49. The third-order valence-electron chi connectivity index (χ3n) is 6.90. The quantitative estimate of drug-likeness (QED) is 0.384. The molecule has 3 aromatic rings. The average molecular weight is 481 g/mol. The van der Waals surface area contributed by atoms with E-state index in [0.29, 0.717) is 25.1 Å². The summed E-state index contributed by atoms with van der Waals surface area (Å²) in [5.74, 6) is -0.745. The fourth-order valence-electron chi connectivity index (χ4n) is 5.00. The number of ether oxygens (including phenoxy) is 1. The number of likely N-dealkylation sites (tertiary alicyclic amines) is 1. The van der Waals surface area contributed by atoms with Crippen LogP contribution in [0, 0.1) is 18.3 Å². The molecule has 0 saturated carbocycles. The normalized spacial score (nSPS) is 16.2. The van der Waals surface area contributed by atoms with Crippen LogP contribution >= 0.6 is 0 Å². The second-order valence-electron chi connectivity index (χ2n) is 9.31. The number of carboxylic acids is 1. The molecule has 5 nitrogen and oxygen atoms in total. The third kappa shape index (κ3) is 5.73. The van der Waals surface area contributed by atoms with Crippen molar-refractivity contribution in [3.63, 3.8) is 0 Å². The monoisotopic (exact) mass is 480 g/mol. The minimum Gasteiger partial charge on any atom is -0.480 e. The zero-order valence-electron chi connectivity index (χ0n) is 20.9. The number of hydrogen-bond donors (Lipinski definition) is 1. The lowest BCUT2D eigenvalue weighted by Gasteiger charge is -2.33. The number of nitrogens with zero attached hydrogens (tertiary/aromatic N) is 2. The van der Waals surface area contributed by atoms with Gasteiger partial charge in [-0.3, -0.25) is 9.69 Å². The second-order valence-corrected chi connectivity index (χ2v) is 9.31. The number of aryl methyl sites for hydroxylation is 1. The van der Waals surface area contributed by atoms with Gasteiger partial charge in [-0.25, -0.2) is 0 Å². The predicted molar refractivity (Wildman–Crippen MR) is 143 cm³/mol. The summed E-state index contributed by atoms with van der Waals surface area (Å²) in [6.07, 6.45) is 6.71. The van der Waals surface area contributed by atoms with Gasteiger partial charge in [-0.1, -0.05) is 73.2 Å². The van der Waals surface area contributed by atoms with Crippen molar-refractivity contribution in [2.75, 3.05) is 13.7 Å². The maximum absolute atomic E-state index is 11.8. The number of piperidine rings is 1. The molecule has 1 saturated heterocycles. The van der Waals surface area contributed by atoms with Crippen molar-refractivity contribution in [3.05, 3.63) is 94.0 Å². The molecule has 0 aromatic heterocycles. The molecular formula is C31H32N2O3. The van der Waals surface area contributed by atoms with E-state index in [1.165, 1.54) is 0 Å². The minimum atomic E-state index is -0.745. The molecule has 1 aliphatic rings. The first-order valence-corrected chi connectivity index (χ1v) is 12.4. The standard InChI is InChI=1S/C31H32N2O3/c1-22-17-26(20-33-16-7-6-13-30(33)31(34)35)27(21-36-2)18-25(22)15-14-24-11-8-12-28(29(24)19-32)23-9-4-3-5-10-23/h3-5,8-12,14-15,17-18,30H,6-7,13,16,20-21H2,1-2H3,(H,34,35)/b15-14+/t30-/m0/s1. The number of carboxylic acid groups (broad SMARTS) is 1. The maximum atomic E-state index is 11.8. The SMILES string of the molecule is COCc1cc(/C=C/c2cccc(-c3ccccc3)c2C#N)c(C)cc1CN1CCCC[C@H]1C(=O)O. The van der Waals surface area contributed by atoms with Crippen molar-refractivity contribution < 1.29 is 14.6 Å². The third-order valence-corrected chi connectivity index (χ3v) is 6.90. The molecule has 1 fully saturated rings. The Balaban J connectivity index is 1.65. The zero-order chi connectivity index (χ0) is 25.5. The van der Waals surface area contributed by atoms with Crippen LogP contribution in [-0.4, -0.2) is 35.7 Å². The molecule has 0 unspecified atom stereocenters. The molecule has 0 aliphatic carbocycles. The number of methoxy groups -OCH3 is 1. The molecule has 0 spiro atoms. The first kappa shape index (κ1) is 25.4. The van der Waals surface area contributed by atoms with Crippen LogP contribution in [0.3, 0.4) is 0 Å². The van der Waals surface area contributed by atoms with Crippen molar-refractivity contribution in [2.45, 2.75) is 45.4 Å². The van der Waals surface area contributed by atoms with Crippen LogP contribution in [0.2, 0.25) is 0 Å². The fraction of sp³-hybridized carbons (Fsp3) is 0.290. The van der Waals surface area contributed by atoms with Crippen LogP contribution < -0.4 is 0 Å². The van der Waals surface area contributed by atoms with Crippen LogP contribution in [0.15, 0.2) is 60.7 Å². The topological polar surface area (TPSA) is 73.6 Å². The Morgan fingerprint density at radius 1 is 1.08 bits per heavy atom. The molecule has 0 radical (unpaired) electrons. The van der Waals surface area contributed by atoms with E-state index in [1.54, 1.807) is 7.11 Å². The average Bonchev–Trinajstić information content (AvgIpc) is 2.90. The summed E-state index contributed by atoms with van der Waals surface area (Å²) in [6, 6.07) is 22.1. The van der Waals surface area contributed by atoms with E-state index in [0.717, 1.165) is 58.3 Å². The van der Waals surface area contributed by atoms with Crippen molar-refractivity contribution in [3.8, 4) is 17.2 Å². The van der Waals surface area contributed by atoms with Crippen molar-refractivity contribution in [1.82, 2.24) is 4.90 Å². The van der Waals surface area contributed by atoms with Gasteiger partial charge >= 0.3 is 5.97 Å². The summed E-state index contributed by atoms with van der Waals surface area (Å²) in [4.78, 5) is 13.8. The van der Waals surface area contributed by atoms with Crippen LogP contribution in [0.5, 0.6) is 0 Å². The number of carbonyl (C=O) groups is 1. The molecule has 1 N–H and O–H groups in total. The summed E-state index contributed by atoms with van der Waals surface area (Å²) >= 11 is 0. The highest BCUT2D eigenvalue weighted by atomic mass is 16.5. The Kier molecular flexibility index (Phi) is 8.32. The summed E-state index contributed by atoms with van der Waals surface area (Å²) in [5.41, 5.74) is 7.76. The Morgan fingerprint density at radius 3 is 2.58 bits per heavy atom. The Hall–Kier alpha value is -3.72. The largest absolute Gasteiger partial charge is 0.480 e. The van der Waals surface area contributed by atoms with Gasteiger partial charge in [0, 0.05) is 19.2 Å². The van der Waals surface area contributed by atoms with Gasteiger partial charge in [0.05, 0.1) is 12.2 Å². The molecule has 1 heterocycles. The lowest BCUT2D eigenvalue weighted by atomic mass is 9.94. The number of nitriles is 1. The van der Waals surface area contributed by atoms with Gasteiger partial charge < -0.3 is 9.84 Å². The van der Waals surface area contributed by atoms with E-state index in [-0.39, 0.29) is 0 Å². The Morgan fingerprint density at radius 2 is 1.86 bits per heavy atom. The van der Waals surface area contributed by atoms with Crippen LogP contribution in [-0.2, 0) is 22.7 Å². The summed E-state index contributed by atoms with van der Waals surface area (Å²) in [5, 5.41) is 19.6. The molecule has 4 rings (SSSR count). The Bertz CT molecular complexity index is 1290. The van der Waals surface area contributed by atoms with Crippen LogP contribution in [0.1, 0.15) is 52.6 Å². The van der Waals surface area contributed by atoms with E-state index in [9.17, 15) is 15.2 Å². The van der Waals surface area contributed by atoms with Gasteiger partial charge in [0.25, 0.3) is 0 Å². The molecule has 184 valence electrons. The molecule has 36 heavy (non-hydrogen) atoms. The van der Waals surface area contributed by atoms with E-state index >= 15 is 0 Å². The van der Waals surface area contributed by atoms with Gasteiger partial charge in [0.1, 0.15) is 12.1 Å². The highest BCUT2D eigenvalue weighted by molar-refractivity contribution is 5.81. The van der Waals surface area contributed by atoms with Gasteiger partial charge in [-0.05, 0) is 65.8 Å². The van der Waals surface area contributed by atoms with E-state index < -0.39 is 12.0 Å². The summed E-state index contributed by atoms with van der Waals surface area (Å²) in [6.45, 7) is 3.90. The van der Waals surface area contributed by atoms with E-state index in [4.69, 9.17) is 4.74 Å². The first-order valence-electron chi connectivity index (χ1n) is 12.4. The molecule has 0 bridgehead atoms. The van der Waals surface area contributed by atoms with Crippen LogP contribution in [0.4, 0.5) is 0 Å². The number of aliphatic carboxylic acids is 1. The molecule has 1 aliphatic heterocycles. The van der Waals surface area contributed by atoms with Gasteiger partial charge in [0.2, 0.25) is 0 Å². The lowest BCUT2D eigenvalue weighted by molar-refractivity contribution is -0.144. The van der Waals surface area contributed by atoms with Crippen LogP contribution in [0.25, 0.3) is 23.3 Å². The molecule has 5 heteroatoms. The van der Waals surface area contributed by atoms with Crippen molar-refractivity contribution >= 4 is 18.1 Å². The lowest BCUT2D eigenvalue weighted by Crippen LogP contribution is -2.44. The van der Waals surface area contributed by atoms with Crippen molar-refractivity contribution in [2.24, 2.45) is 0 Å². The maximum Gasteiger partial charge on any atom is 0.320 e. The zero-order valence-corrected chi connectivity index (χ0v) is 20.9. The second kappa shape index (κ2) is 11.8. The predicted octanol–water partition coefficient (Wildman–Crippen LogP) is 6.29. The number of rotatable bonds is 8. The smallest absolute Gasteiger partial charge is 0.320 e.